The maximum atomic E-state index is 13.2. The van der Waals surface area contributed by atoms with Crippen LogP contribution in [0.3, 0.4) is 0 Å². The zero-order valence-corrected chi connectivity index (χ0v) is 18.9. The number of likely N-dealkylation sites (tertiary alicyclic amines) is 1. The van der Waals surface area contributed by atoms with Crippen LogP contribution >= 0.6 is 11.3 Å². The summed E-state index contributed by atoms with van der Waals surface area (Å²) in [6.07, 6.45) is 2.74. The van der Waals surface area contributed by atoms with Gasteiger partial charge in [-0.25, -0.2) is 9.37 Å². The molecular formula is C24H25FN4O3S. The van der Waals surface area contributed by atoms with Gasteiger partial charge in [-0.3, -0.25) is 9.59 Å². The summed E-state index contributed by atoms with van der Waals surface area (Å²) in [5.74, 6) is -0.431. The van der Waals surface area contributed by atoms with E-state index in [9.17, 15) is 14.0 Å². The quantitative estimate of drug-likeness (QED) is 0.622. The molecule has 1 unspecified atom stereocenters. The minimum Gasteiger partial charge on any atom is -0.365 e. The summed E-state index contributed by atoms with van der Waals surface area (Å²) >= 11 is 1.62. The van der Waals surface area contributed by atoms with Gasteiger partial charge < -0.3 is 19.5 Å². The highest BCUT2D eigenvalue weighted by molar-refractivity contribution is 7.09. The Morgan fingerprint density at radius 3 is 2.70 bits per heavy atom. The van der Waals surface area contributed by atoms with Crippen molar-refractivity contribution in [2.24, 2.45) is 5.92 Å². The highest BCUT2D eigenvalue weighted by Crippen LogP contribution is 2.29. The molecule has 5 rings (SSSR count). The van der Waals surface area contributed by atoms with Gasteiger partial charge in [0.1, 0.15) is 11.9 Å². The molecule has 1 atom stereocenters. The Hall–Kier alpha value is -3.04. The molecule has 0 spiro atoms. The van der Waals surface area contributed by atoms with Gasteiger partial charge in [0.05, 0.1) is 31.7 Å². The van der Waals surface area contributed by atoms with Crippen LogP contribution in [0.4, 0.5) is 4.39 Å². The molecule has 2 aromatic heterocycles. The first-order valence-corrected chi connectivity index (χ1v) is 12.0. The van der Waals surface area contributed by atoms with E-state index in [1.54, 1.807) is 34.7 Å². The number of ether oxygens (including phenoxy) is 1. The number of hydrogen-bond acceptors (Lipinski definition) is 5. The molecule has 9 heteroatoms. The first kappa shape index (κ1) is 21.8. The number of halogens is 1. The van der Waals surface area contributed by atoms with E-state index in [4.69, 9.17) is 4.74 Å². The Bertz CT molecular complexity index is 1120. The van der Waals surface area contributed by atoms with E-state index in [1.165, 1.54) is 12.1 Å². The smallest absolute Gasteiger partial charge is 0.274 e. The summed E-state index contributed by atoms with van der Waals surface area (Å²) in [5, 5.41) is 5.00. The third-order valence-electron chi connectivity index (χ3n) is 6.34. The zero-order chi connectivity index (χ0) is 22.8. The third kappa shape index (κ3) is 4.69. The molecule has 2 aliphatic rings. The van der Waals surface area contributed by atoms with Gasteiger partial charge >= 0.3 is 0 Å². The SMILES string of the molecule is O=C(NCc1cccs1)C1CCN(C(=O)c2ncn3c2COC(c2ccc(F)cc2)C3)CC1. The molecular weight excluding hydrogens is 443 g/mol. The maximum absolute atomic E-state index is 13.2. The lowest BCUT2D eigenvalue weighted by atomic mass is 9.95. The van der Waals surface area contributed by atoms with Gasteiger partial charge in [-0.1, -0.05) is 18.2 Å². The Morgan fingerprint density at radius 1 is 1.18 bits per heavy atom. The first-order valence-electron chi connectivity index (χ1n) is 11.1. The number of amides is 2. The molecule has 1 N–H and O–H groups in total. The van der Waals surface area contributed by atoms with Crippen LogP contribution in [0.1, 0.15) is 45.6 Å². The maximum Gasteiger partial charge on any atom is 0.274 e. The lowest BCUT2D eigenvalue weighted by molar-refractivity contribution is -0.126. The molecule has 3 aromatic rings. The van der Waals surface area contributed by atoms with Crippen molar-refractivity contribution in [1.82, 2.24) is 19.8 Å². The topological polar surface area (TPSA) is 76.5 Å². The van der Waals surface area contributed by atoms with E-state index in [1.807, 2.05) is 22.1 Å². The molecule has 0 radical (unpaired) electrons. The van der Waals surface area contributed by atoms with Crippen LogP contribution in [0, 0.1) is 11.7 Å². The lowest BCUT2D eigenvalue weighted by Gasteiger charge is -2.31. The number of imidazole rings is 1. The van der Waals surface area contributed by atoms with E-state index < -0.39 is 0 Å². The van der Waals surface area contributed by atoms with Crippen molar-refractivity contribution < 1.29 is 18.7 Å². The number of rotatable bonds is 5. The molecule has 1 saturated heterocycles. The highest BCUT2D eigenvalue weighted by atomic mass is 32.1. The van der Waals surface area contributed by atoms with E-state index in [2.05, 4.69) is 10.3 Å². The minimum absolute atomic E-state index is 0.0510. The van der Waals surface area contributed by atoms with Crippen LogP contribution in [0.2, 0.25) is 0 Å². The number of fused-ring (bicyclic) bond motifs is 1. The van der Waals surface area contributed by atoms with Gasteiger partial charge in [0, 0.05) is 23.9 Å². The molecule has 2 amide bonds. The number of nitrogens with one attached hydrogen (secondary N) is 1. The predicted octanol–water partition coefficient (Wildman–Crippen LogP) is 3.52. The fraction of sp³-hybridized carbons (Fsp3) is 0.375. The average Bonchev–Trinajstić information content (AvgIpc) is 3.52. The molecule has 0 bridgehead atoms. The van der Waals surface area contributed by atoms with Crippen LogP contribution in [-0.2, 0) is 29.2 Å². The average molecular weight is 469 g/mol. The summed E-state index contributed by atoms with van der Waals surface area (Å²) in [6.45, 7) is 2.40. The number of thiophene rings is 1. The van der Waals surface area contributed by atoms with Crippen LogP contribution in [0.25, 0.3) is 0 Å². The largest absolute Gasteiger partial charge is 0.365 e. The molecule has 0 saturated carbocycles. The highest BCUT2D eigenvalue weighted by Gasteiger charge is 2.32. The van der Waals surface area contributed by atoms with Crippen molar-refractivity contribution in [3.05, 3.63) is 75.8 Å². The fourth-order valence-corrected chi connectivity index (χ4v) is 5.06. The summed E-state index contributed by atoms with van der Waals surface area (Å²) in [4.78, 5) is 32.9. The number of benzene rings is 1. The number of carbonyl (C=O) groups is 2. The van der Waals surface area contributed by atoms with Crippen molar-refractivity contribution in [2.75, 3.05) is 13.1 Å². The van der Waals surface area contributed by atoms with Crippen LogP contribution in [0.15, 0.2) is 48.1 Å². The van der Waals surface area contributed by atoms with Gasteiger partial charge in [0.2, 0.25) is 5.91 Å². The van der Waals surface area contributed by atoms with E-state index in [0.717, 1.165) is 16.1 Å². The van der Waals surface area contributed by atoms with Crippen molar-refractivity contribution in [3.63, 3.8) is 0 Å². The Labute approximate surface area is 195 Å². The van der Waals surface area contributed by atoms with Gasteiger partial charge in [-0.15, -0.1) is 11.3 Å². The summed E-state index contributed by atoms with van der Waals surface area (Å²) < 4.78 is 21.1. The third-order valence-corrected chi connectivity index (χ3v) is 7.22. The first-order chi connectivity index (χ1) is 16.1. The second-order valence-electron chi connectivity index (χ2n) is 8.41. The minimum atomic E-state index is -0.283. The van der Waals surface area contributed by atoms with Crippen LogP contribution < -0.4 is 5.32 Å². The molecule has 1 fully saturated rings. The molecule has 2 aliphatic heterocycles. The molecule has 7 nitrogen and oxygen atoms in total. The van der Waals surface area contributed by atoms with Gasteiger partial charge in [-0.05, 0) is 42.0 Å². The van der Waals surface area contributed by atoms with E-state index in [0.29, 0.717) is 44.7 Å². The van der Waals surface area contributed by atoms with E-state index >= 15 is 0 Å². The van der Waals surface area contributed by atoms with Crippen molar-refractivity contribution in [3.8, 4) is 0 Å². The number of hydrogen-bond donors (Lipinski definition) is 1. The fourth-order valence-electron chi connectivity index (χ4n) is 4.41. The second kappa shape index (κ2) is 9.44. The zero-order valence-electron chi connectivity index (χ0n) is 18.1. The summed E-state index contributed by atoms with van der Waals surface area (Å²) in [6, 6.07) is 10.2. The molecule has 4 heterocycles. The summed E-state index contributed by atoms with van der Waals surface area (Å²) in [5.41, 5.74) is 2.06. The van der Waals surface area contributed by atoms with Gasteiger partial charge in [0.15, 0.2) is 5.69 Å². The van der Waals surface area contributed by atoms with Crippen molar-refractivity contribution in [1.29, 1.82) is 0 Å². The number of nitrogens with zero attached hydrogens (tertiary/aromatic N) is 3. The molecule has 33 heavy (non-hydrogen) atoms. The van der Waals surface area contributed by atoms with Crippen LogP contribution in [0.5, 0.6) is 0 Å². The number of carbonyl (C=O) groups excluding carboxylic acids is 2. The van der Waals surface area contributed by atoms with Gasteiger partial charge in [-0.2, -0.15) is 0 Å². The lowest BCUT2D eigenvalue weighted by Crippen LogP contribution is -2.43. The second-order valence-corrected chi connectivity index (χ2v) is 9.44. The monoisotopic (exact) mass is 468 g/mol. The number of aromatic nitrogens is 2. The summed E-state index contributed by atoms with van der Waals surface area (Å²) in [7, 11) is 0. The van der Waals surface area contributed by atoms with Gasteiger partial charge in [0.25, 0.3) is 5.91 Å². The van der Waals surface area contributed by atoms with Crippen LogP contribution in [-0.4, -0.2) is 39.4 Å². The Kier molecular flexibility index (Phi) is 6.24. The normalized spacial score (nSPS) is 18.7. The molecule has 1 aromatic carbocycles. The standard InChI is InChI=1S/C24H25FN4O3S/c25-18-5-3-16(4-6-18)21-13-29-15-27-22(20(29)14-32-21)24(31)28-9-7-17(8-10-28)23(30)26-12-19-2-1-11-33-19/h1-6,11,15,17,21H,7-10,12-14H2,(H,26,30). The predicted molar refractivity (Wildman–Crippen MR) is 121 cm³/mol. The van der Waals surface area contributed by atoms with Crippen molar-refractivity contribution >= 4 is 23.2 Å². The number of piperidine rings is 1. The molecule has 0 aliphatic carbocycles. The van der Waals surface area contributed by atoms with Crippen molar-refractivity contribution in [2.45, 2.75) is 38.6 Å². The van der Waals surface area contributed by atoms with E-state index in [-0.39, 0.29) is 36.3 Å². The Morgan fingerprint density at radius 2 is 1.97 bits per heavy atom. The molecule has 172 valence electrons. The Balaban J connectivity index is 1.17.